The molecule has 1 fully saturated rings. The third-order valence-corrected chi connectivity index (χ3v) is 4.20. The maximum absolute atomic E-state index is 12.4. The molecule has 21 heavy (non-hydrogen) atoms. The summed E-state index contributed by atoms with van der Waals surface area (Å²) in [7, 11) is 0. The predicted octanol–water partition coefficient (Wildman–Crippen LogP) is 1.85. The zero-order valence-corrected chi connectivity index (χ0v) is 12.0. The number of halogens is 1. The summed E-state index contributed by atoms with van der Waals surface area (Å²) in [4.78, 5) is 23.9. The lowest BCUT2D eigenvalue weighted by Crippen LogP contribution is -2.35. The summed E-state index contributed by atoms with van der Waals surface area (Å²) in [6.45, 7) is 1.79. The number of hydrogen-bond acceptors (Lipinski definition) is 4. The van der Waals surface area contributed by atoms with Gasteiger partial charge in [0.05, 0.1) is 28.8 Å². The van der Waals surface area contributed by atoms with Crippen molar-refractivity contribution in [1.29, 1.82) is 0 Å². The average Bonchev–Trinajstić information content (AvgIpc) is 2.84. The van der Waals surface area contributed by atoms with Gasteiger partial charge in [0.25, 0.3) is 0 Å². The van der Waals surface area contributed by atoms with Gasteiger partial charge in [-0.15, -0.1) is 0 Å². The summed E-state index contributed by atoms with van der Waals surface area (Å²) in [6, 6.07) is 3.66. The number of hydrogen-bond donors (Lipinski definition) is 2. The molecule has 108 valence electrons. The van der Waals surface area contributed by atoms with Crippen molar-refractivity contribution < 1.29 is 0 Å². The Balaban J connectivity index is 2.06. The lowest BCUT2D eigenvalue weighted by molar-refractivity contribution is 0.372. The number of rotatable bonds is 1. The first-order valence-electron chi connectivity index (χ1n) is 7.00. The summed E-state index contributed by atoms with van der Waals surface area (Å²) in [5, 5.41) is 3.74. The van der Waals surface area contributed by atoms with E-state index in [0.29, 0.717) is 16.2 Å². The van der Waals surface area contributed by atoms with Gasteiger partial charge in [0, 0.05) is 6.54 Å². The number of nitrogens with zero attached hydrogens (tertiary/aromatic N) is 3. The van der Waals surface area contributed by atoms with E-state index in [2.05, 4.69) is 20.3 Å². The monoisotopic (exact) mass is 303 g/mol. The number of aromatic amines is 1. The molecule has 0 spiro atoms. The zero-order valence-electron chi connectivity index (χ0n) is 11.3. The lowest BCUT2D eigenvalue weighted by atomic mass is 10.1. The van der Waals surface area contributed by atoms with Crippen molar-refractivity contribution in [3.63, 3.8) is 0 Å². The predicted molar refractivity (Wildman–Crippen MR) is 81.8 cm³/mol. The first kappa shape index (κ1) is 12.8. The van der Waals surface area contributed by atoms with Crippen molar-refractivity contribution in [1.82, 2.24) is 24.8 Å². The largest absolute Gasteiger partial charge is 0.326 e. The van der Waals surface area contributed by atoms with Gasteiger partial charge in [-0.2, -0.15) is 0 Å². The normalized spacial score (nSPS) is 19.4. The number of imidazole rings is 1. The molecule has 7 heteroatoms. The first-order valence-corrected chi connectivity index (χ1v) is 7.38. The van der Waals surface area contributed by atoms with E-state index in [1.54, 1.807) is 16.8 Å². The minimum Gasteiger partial charge on any atom is -0.315 e. The molecule has 1 atom stereocenters. The molecule has 0 aliphatic carbocycles. The summed E-state index contributed by atoms with van der Waals surface area (Å²) < 4.78 is 1.80. The summed E-state index contributed by atoms with van der Waals surface area (Å²) in [5.41, 5.74) is 2.79. The Morgan fingerprint density at radius 1 is 1.38 bits per heavy atom. The van der Waals surface area contributed by atoms with Crippen molar-refractivity contribution in [3.05, 3.63) is 34.0 Å². The van der Waals surface area contributed by atoms with Crippen LogP contribution in [0.5, 0.6) is 0 Å². The molecule has 3 aromatic rings. The van der Waals surface area contributed by atoms with Crippen molar-refractivity contribution in [2.45, 2.75) is 18.9 Å². The summed E-state index contributed by atoms with van der Waals surface area (Å²) in [6.07, 6.45) is 3.71. The molecule has 3 aromatic heterocycles. The van der Waals surface area contributed by atoms with Crippen LogP contribution in [0.25, 0.3) is 22.1 Å². The average molecular weight is 304 g/mol. The lowest BCUT2D eigenvalue weighted by Gasteiger charge is -2.24. The molecule has 0 saturated carbocycles. The number of aromatic nitrogens is 4. The van der Waals surface area contributed by atoms with Crippen LogP contribution < -0.4 is 11.0 Å². The van der Waals surface area contributed by atoms with E-state index in [0.717, 1.165) is 37.0 Å². The second kappa shape index (κ2) is 4.82. The molecule has 1 aliphatic heterocycles. The van der Waals surface area contributed by atoms with E-state index in [1.165, 1.54) is 0 Å². The Labute approximate surface area is 125 Å². The highest BCUT2D eigenvalue weighted by molar-refractivity contribution is 6.30. The minimum absolute atomic E-state index is 0.116. The second-order valence-electron chi connectivity index (χ2n) is 5.32. The van der Waals surface area contributed by atoms with E-state index in [9.17, 15) is 4.79 Å². The Bertz CT molecular complexity index is 878. The topological polar surface area (TPSA) is 75.6 Å². The number of H-pyrrole nitrogens is 1. The number of piperidine rings is 1. The maximum atomic E-state index is 12.4. The van der Waals surface area contributed by atoms with Crippen molar-refractivity contribution in [2.24, 2.45) is 0 Å². The minimum atomic E-state index is -0.116. The maximum Gasteiger partial charge on any atom is 0.326 e. The Kier molecular flexibility index (Phi) is 2.94. The Hall–Kier alpha value is -1.92. The van der Waals surface area contributed by atoms with Gasteiger partial charge in [-0.25, -0.2) is 9.78 Å². The SMILES string of the molecule is O=c1[nH]c2cnc3ccc(Cl)nc3c2n1[C@@H]1CCCNC1. The second-order valence-corrected chi connectivity index (χ2v) is 5.71. The van der Waals surface area contributed by atoms with Crippen LogP contribution in [0.4, 0.5) is 0 Å². The molecule has 4 heterocycles. The Morgan fingerprint density at radius 3 is 3.10 bits per heavy atom. The zero-order chi connectivity index (χ0) is 14.4. The molecule has 0 bridgehead atoms. The fourth-order valence-corrected chi connectivity index (χ4v) is 3.19. The standard InChI is InChI=1S/C14H14ClN5O/c15-11-4-3-9-12(19-11)13-10(7-17-9)18-14(21)20(13)8-2-1-5-16-6-8/h3-4,7-8,16H,1-2,5-6H2,(H,18,21)/t8-/m1/s1. The van der Waals surface area contributed by atoms with E-state index in [1.807, 2.05) is 6.07 Å². The van der Waals surface area contributed by atoms with Gasteiger partial charge < -0.3 is 10.3 Å². The van der Waals surface area contributed by atoms with Crippen LogP contribution in [-0.4, -0.2) is 32.6 Å². The fraction of sp³-hybridized carbons (Fsp3) is 0.357. The molecule has 0 unspecified atom stereocenters. The van der Waals surface area contributed by atoms with Crippen LogP contribution in [-0.2, 0) is 0 Å². The van der Waals surface area contributed by atoms with Gasteiger partial charge >= 0.3 is 5.69 Å². The van der Waals surface area contributed by atoms with Gasteiger partial charge in [0.2, 0.25) is 0 Å². The molecule has 2 N–H and O–H groups in total. The van der Waals surface area contributed by atoms with Gasteiger partial charge in [-0.05, 0) is 31.5 Å². The highest BCUT2D eigenvalue weighted by Crippen LogP contribution is 2.26. The van der Waals surface area contributed by atoms with Crippen LogP contribution >= 0.6 is 11.6 Å². The number of nitrogens with one attached hydrogen (secondary N) is 2. The summed E-state index contributed by atoms with van der Waals surface area (Å²) >= 11 is 6.02. The molecule has 1 saturated heterocycles. The quantitative estimate of drug-likeness (QED) is 0.673. The van der Waals surface area contributed by atoms with Crippen LogP contribution in [0.2, 0.25) is 5.15 Å². The first-order chi connectivity index (χ1) is 10.2. The number of pyridine rings is 2. The van der Waals surface area contributed by atoms with E-state index >= 15 is 0 Å². The van der Waals surface area contributed by atoms with Crippen LogP contribution in [0.3, 0.4) is 0 Å². The molecular formula is C14H14ClN5O. The highest BCUT2D eigenvalue weighted by Gasteiger charge is 2.21. The van der Waals surface area contributed by atoms with Gasteiger partial charge in [0.15, 0.2) is 0 Å². The van der Waals surface area contributed by atoms with Gasteiger partial charge in [0.1, 0.15) is 10.7 Å². The smallest absolute Gasteiger partial charge is 0.315 e. The van der Waals surface area contributed by atoms with Gasteiger partial charge in [-0.1, -0.05) is 11.6 Å². The number of fused-ring (bicyclic) bond motifs is 3. The van der Waals surface area contributed by atoms with E-state index in [4.69, 9.17) is 11.6 Å². The van der Waals surface area contributed by atoms with E-state index in [-0.39, 0.29) is 11.7 Å². The van der Waals surface area contributed by atoms with Gasteiger partial charge in [-0.3, -0.25) is 9.55 Å². The van der Waals surface area contributed by atoms with Crippen molar-refractivity contribution in [3.8, 4) is 0 Å². The highest BCUT2D eigenvalue weighted by atomic mass is 35.5. The van der Waals surface area contributed by atoms with Crippen molar-refractivity contribution >= 4 is 33.7 Å². The molecule has 0 radical (unpaired) electrons. The molecule has 0 amide bonds. The van der Waals surface area contributed by atoms with Crippen molar-refractivity contribution in [2.75, 3.05) is 13.1 Å². The van der Waals surface area contributed by atoms with Crippen LogP contribution in [0.15, 0.2) is 23.1 Å². The fourth-order valence-electron chi connectivity index (χ4n) is 3.04. The molecule has 6 nitrogen and oxygen atoms in total. The third kappa shape index (κ3) is 2.02. The van der Waals surface area contributed by atoms with E-state index < -0.39 is 0 Å². The molecular weight excluding hydrogens is 290 g/mol. The molecule has 0 aromatic carbocycles. The molecule has 1 aliphatic rings. The Morgan fingerprint density at radius 2 is 2.29 bits per heavy atom. The van der Waals surface area contributed by atoms with Crippen LogP contribution in [0, 0.1) is 0 Å². The van der Waals surface area contributed by atoms with Crippen LogP contribution in [0.1, 0.15) is 18.9 Å². The third-order valence-electron chi connectivity index (χ3n) is 3.99. The summed E-state index contributed by atoms with van der Waals surface area (Å²) in [5.74, 6) is 0. The molecule has 4 rings (SSSR count).